The molecule has 1 aliphatic heterocycles. The van der Waals surface area contributed by atoms with Crippen LogP contribution >= 0.6 is 0 Å². The molecule has 1 aromatic rings. The Morgan fingerprint density at radius 1 is 1.00 bits per heavy atom. The Balaban J connectivity index is 0.000000120. The molecule has 2 heterocycles. The summed E-state index contributed by atoms with van der Waals surface area (Å²) in [6, 6.07) is 5.72. The van der Waals surface area contributed by atoms with E-state index in [9.17, 15) is 0 Å². The molecule has 0 saturated heterocycles. The number of hydrogen-bond acceptors (Lipinski definition) is 2. The lowest BCUT2D eigenvalue weighted by molar-refractivity contribution is 0.972. The van der Waals surface area contributed by atoms with Gasteiger partial charge in [-0.2, -0.15) is 0 Å². The summed E-state index contributed by atoms with van der Waals surface area (Å²) in [5.41, 5.74) is 0. The summed E-state index contributed by atoms with van der Waals surface area (Å²) in [5.74, 6) is 0. The van der Waals surface area contributed by atoms with Gasteiger partial charge in [0.25, 0.3) is 0 Å². The van der Waals surface area contributed by atoms with Crippen molar-refractivity contribution in [1.82, 2.24) is 10.3 Å². The Bertz CT molecular complexity index is 201. The van der Waals surface area contributed by atoms with Crippen molar-refractivity contribution in [3.05, 3.63) is 55.0 Å². The highest BCUT2D eigenvalue weighted by Crippen LogP contribution is 1.78. The number of nitrogens with one attached hydrogen (secondary N) is 1. The number of nitrogens with zero attached hydrogens (tertiary/aromatic N) is 1. The zero-order valence-electron chi connectivity index (χ0n) is 6.85. The van der Waals surface area contributed by atoms with Gasteiger partial charge in [0, 0.05) is 18.9 Å². The average molecular weight is 160 g/mol. The van der Waals surface area contributed by atoms with Crippen molar-refractivity contribution in [3.63, 3.8) is 0 Å². The third-order valence-corrected chi connectivity index (χ3v) is 1.26. The zero-order valence-corrected chi connectivity index (χ0v) is 6.85. The van der Waals surface area contributed by atoms with Crippen LogP contribution in [0.5, 0.6) is 0 Å². The molecule has 2 nitrogen and oxygen atoms in total. The fourth-order valence-corrected chi connectivity index (χ4v) is 0.719. The average Bonchev–Trinajstić information content (AvgIpc) is 2.24. The second-order valence-electron chi connectivity index (χ2n) is 2.22. The Kier molecular flexibility index (Phi) is 4.38. The second kappa shape index (κ2) is 6.16. The first kappa shape index (κ1) is 8.53. The van der Waals surface area contributed by atoms with Crippen molar-refractivity contribution in [2.75, 3.05) is 6.54 Å². The molecule has 0 amide bonds. The number of rotatable bonds is 0. The number of dihydropyridines is 1. The Labute approximate surface area is 72.6 Å². The zero-order chi connectivity index (χ0) is 8.49. The molecular weight excluding hydrogens is 148 g/mol. The van der Waals surface area contributed by atoms with Crippen LogP contribution in [0, 0.1) is 0 Å². The number of aromatic nitrogens is 1. The van der Waals surface area contributed by atoms with Gasteiger partial charge in [0.2, 0.25) is 0 Å². The van der Waals surface area contributed by atoms with E-state index in [0.29, 0.717) is 0 Å². The largest absolute Gasteiger partial charge is 0.387 e. The first-order chi connectivity index (χ1) is 6.00. The van der Waals surface area contributed by atoms with Gasteiger partial charge >= 0.3 is 0 Å². The van der Waals surface area contributed by atoms with Gasteiger partial charge in [0.15, 0.2) is 0 Å². The van der Waals surface area contributed by atoms with Crippen LogP contribution < -0.4 is 5.32 Å². The van der Waals surface area contributed by atoms with Gasteiger partial charge in [-0.3, -0.25) is 4.98 Å². The normalized spacial score (nSPS) is 12.7. The maximum absolute atomic E-state index is 3.78. The Hall–Kier alpha value is -1.57. The molecule has 0 aliphatic carbocycles. The van der Waals surface area contributed by atoms with Crippen molar-refractivity contribution in [3.8, 4) is 0 Å². The number of pyridine rings is 1. The summed E-state index contributed by atoms with van der Waals surface area (Å²) < 4.78 is 0. The van der Waals surface area contributed by atoms with E-state index in [0.717, 1.165) is 6.54 Å². The Morgan fingerprint density at radius 3 is 2.00 bits per heavy atom. The molecule has 0 fully saturated rings. The number of hydrogen-bond donors (Lipinski definition) is 1. The maximum Gasteiger partial charge on any atom is 0.0328 e. The van der Waals surface area contributed by atoms with Gasteiger partial charge < -0.3 is 5.32 Å². The van der Waals surface area contributed by atoms with E-state index in [2.05, 4.69) is 16.4 Å². The van der Waals surface area contributed by atoms with Gasteiger partial charge in [0.05, 0.1) is 0 Å². The summed E-state index contributed by atoms with van der Waals surface area (Å²) in [6.07, 6.45) is 11.5. The third-order valence-electron chi connectivity index (χ3n) is 1.26. The highest BCUT2D eigenvalue weighted by Gasteiger charge is 1.73. The predicted octanol–water partition coefficient (Wildman–Crippen LogP) is 1.74. The monoisotopic (exact) mass is 160 g/mol. The highest BCUT2D eigenvalue weighted by molar-refractivity contribution is 5.06. The molecule has 0 spiro atoms. The molecular formula is C10H12N2. The fourth-order valence-electron chi connectivity index (χ4n) is 0.719. The lowest BCUT2D eigenvalue weighted by Crippen LogP contribution is -2.05. The molecule has 0 radical (unpaired) electrons. The van der Waals surface area contributed by atoms with Gasteiger partial charge in [-0.25, -0.2) is 0 Å². The second-order valence-corrected chi connectivity index (χ2v) is 2.22. The summed E-state index contributed by atoms with van der Waals surface area (Å²) in [4.78, 5) is 3.78. The van der Waals surface area contributed by atoms with E-state index in [-0.39, 0.29) is 0 Å². The van der Waals surface area contributed by atoms with Gasteiger partial charge in [0.1, 0.15) is 0 Å². The van der Waals surface area contributed by atoms with E-state index in [1.807, 2.05) is 36.6 Å². The summed E-state index contributed by atoms with van der Waals surface area (Å²) in [7, 11) is 0. The summed E-state index contributed by atoms with van der Waals surface area (Å²) >= 11 is 0. The third kappa shape index (κ3) is 4.28. The van der Waals surface area contributed by atoms with E-state index >= 15 is 0 Å². The SMILES string of the molecule is C1=CCNC=C1.c1ccncc1. The van der Waals surface area contributed by atoms with Crippen molar-refractivity contribution in [2.45, 2.75) is 0 Å². The van der Waals surface area contributed by atoms with Gasteiger partial charge in [-0.1, -0.05) is 18.2 Å². The van der Waals surface area contributed by atoms with Crippen LogP contribution in [0.1, 0.15) is 0 Å². The van der Waals surface area contributed by atoms with E-state index in [1.165, 1.54) is 0 Å². The highest BCUT2D eigenvalue weighted by atomic mass is 14.8. The quantitative estimate of drug-likeness (QED) is 0.625. The minimum absolute atomic E-state index is 0.983. The molecule has 1 aromatic heterocycles. The predicted molar refractivity (Wildman–Crippen MR) is 50.5 cm³/mol. The standard InChI is InChI=1S/C5H7N.C5H5N/c2*1-2-4-6-5-3-1/h1-4,6H,5H2;1-5H. The molecule has 0 aromatic carbocycles. The van der Waals surface area contributed by atoms with Crippen LogP contribution in [0.25, 0.3) is 0 Å². The van der Waals surface area contributed by atoms with Crippen molar-refractivity contribution >= 4 is 0 Å². The van der Waals surface area contributed by atoms with Gasteiger partial charge in [-0.15, -0.1) is 0 Å². The summed E-state index contributed by atoms with van der Waals surface area (Å²) in [6.45, 7) is 0.983. The first-order valence-corrected chi connectivity index (χ1v) is 3.90. The van der Waals surface area contributed by atoms with Crippen LogP contribution in [0.3, 0.4) is 0 Å². The van der Waals surface area contributed by atoms with Crippen LogP contribution in [-0.4, -0.2) is 11.5 Å². The van der Waals surface area contributed by atoms with Crippen molar-refractivity contribution in [2.24, 2.45) is 0 Å². The molecule has 0 bridgehead atoms. The van der Waals surface area contributed by atoms with Crippen LogP contribution in [0.2, 0.25) is 0 Å². The van der Waals surface area contributed by atoms with Gasteiger partial charge in [-0.05, 0) is 24.4 Å². The van der Waals surface area contributed by atoms with E-state index < -0.39 is 0 Å². The lowest BCUT2D eigenvalue weighted by atomic mass is 10.4. The fraction of sp³-hybridized carbons (Fsp3) is 0.100. The van der Waals surface area contributed by atoms with E-state index in [4.69, 9.17) is 0 Å². The molecule has 0 saturated carbocycles. The van der Waals surface area contributed by atoms with Crippen LogP contribution in [0.15, 0.2) is 55.0 Å². The Morgan fingerprint density at radius 2 is 1.83 bits per heavy atom. The first-order valence-electron chi connectivity index (χ1n) is 3.90. The topological polar surface area (TPSA) is 24.9 Å². The molecule has 0 unspecified atom stereocenters. The minimum Gasteiger partial charge on any atom is -0.387 e. The van der Waals surface area contributed by atoms with Crippen molar-refractivity contribution < 1.29 is 0 Å². The minimum atomic E-state index is 0.983. The maximum atomic E-state index is 3.78. The molecule has 1 N–H and O–H groups in total. The molecule has 12 heavy (non-hydrogen) atoms. The van der Waals surface area contributed by atoms with Crippen molar-refractivity contribution in [1.29, 1.82) is 0 Å². The molecule has 2 rings (SSSR count). The van der Waals surface area contributed by atoms with E-state index in [1.54, 1.807) is 12.4 Å². The van der Waals surface area contributed by atoms with Crippen LogP contribution in [0.4, 0.5) is 0 Å². The molecule has 1 aliphatic rings. The molecule has 2 heteroatoms. The number of allylic oxidation sites excluding steroid dienone is 2. The summed E-state index contributed by atoms with van der Waals surface area (Å²) in [5, 5.41) is 3.02. The molecule has 0 atom stereocenters. The smallest absolute Gasteiger partial charge is 0.0328 e. The molecule has 62 valence electrons. The lowest BCUT2D eigenvalue weighted by Gasteiger charge is -1.94. The van der Waals surface area contributed by atoms with Crippen LogP contribution in [-0.2, 0) is 0 Å².